The number of unbranched alkanes of at least 4 members (excludes halogenated alkanes) is 12. The van der Waals surface area contributed by atoms with Crippen LogP contribution in [0.5, 0.6) is 11.5 Å². The van der Waals surface area contributed by atoms with E-state index in [9.17, 15) is 4.79 Å². The number of hydrogen-bond acceptors (Lipinski definition) is 4. The van der Waals surface area contributed by atoms with Crippen molar-refractivity contribution in [3.05, 3.63) is 71.8 Å². The number of carbonyl (C=O) groups excluding carboxylic acids is 1. The van der Waals surface area contributed by atoms with Crippen LogP contribution in [0.4, 0.5) is 0 Å². The molecule has 0 N–H and O–H groups in total. The van der Waals surface area contributed by atoms with Gasteiger partial charge in [-0.05, 0) is 59.7 Å². The zero-order chi connectivity index (χ0) is 29.8. The quantitative estimate of drug-likeness (QED) is 0.0884. The molecule has 230 valence electrons. The largest absolute Gasteiger partial charge is 0.494 e. The minimum absolute atomic E-state index is 0.274. The van der Waals surface area contributed by atoms with Gasteiger partial charge in [-0.25, -0.2) is 4.79 Å². The Hall–Kier alpha value is -3.01. The van der Waals surface area contributed by atoms with Gasteiger partial charge in [-0.15, -0.1) is 0 Å². The number of hydrogen-bond donors (Lipinski definition) is 0. The third kappa shape index (κ3) is 12.5. The van der Waals surface area contributed by atoms with Crippen LogP contribution in [0, 0.1) is 5.92 Å². The molecule has 3 aromatic carbocycles. The van der Waals surface area contributed by atoms with E-state index in [0.29, 0.717) is 24.7 Å². The molecule has 0 fully saturated rings. The first-order valence-electron chi connectivity index (χ1n) is 16.6. The van der Waals surface area contributed by atoms with Gasteiger partial charge < -0.3 is 14.2 Å². The Morgan fingerprint density at radius 2 is 1.36 bits per heavy atom. The van der Waals surface area contributed by atoms with E-state index in [1.165, 1.54) is 77.0 Å². The monoisotopic (exact) mass is 574 g/mol. The maximum absolute atomic E-state index is 12.3. The second-order valence-electron chi connectivity index (χ2n) is 11.8. The average molecular weight is 575 g/mol. The van der Waals surface area contributed by atoms with Crippen LogP contribution in [0.3, 0.4) is 0 Å². The molecule has 0 unspecified atom stereocenters. The van der Waals surface area contributed by atoms with Gasteiger partial charge >= 0.3 is 5.97 Å². The molecule has 0 bridgehead atoms. The van der Waals surface area contributed by atoms with Crippen LogP contribution in [0.25, 0.3) is 10.8 Å². The van der Waals surface area contributed by atoms with Crippen molar-refractivity contribution in [3.8, 4) is 11.5 Å². The molecule has 0 aromatic heterocycles. The van der Waals surface area contributed by atoms with Crippen LogP contribution in [-0.4, -0.2) is 19.2 Å². The van der Waals surface area contributed by atoms with Gasteiger partial charge in [-0.1, -0.05) is 129 Å². The Morgan fingerprint density at radius 3 is 2.00 bits per heavy atom. The Labute approximate surface area is 255 Å². The molecule has 0 aliphatic carbocycles. The van der Waals surface area contributed by atoms with Crippen LogP contribution >= 0.6 is 0 Å². The van der Waals surface area contributed by atoms with Crippen LogP contribution in [-0.2, 0) is 11.3 Å². The molecule has 0 aliphatic rings. The summed E-state index contributed by atoms with van der Waals surface area (Å²) in [6, 6.07) is 19.8. The lowest BCUT2D eigenvalue weighted by molar-refractivity contribution is 0.0447. The normalized spacial score (nSPS) is 11.9. The standard InChI is InChI=1S/C38H54O4/c1-4-6-7-8-9-10-11-12-13-14-15-16-17-27-40-35-25-26-36-34(28-35)19-18-20-37(36)41-30-32-21-23-33(24-22-32)38(39)42-29-31(3)5-2/h18-26,28,31H,4-17,27,29-30H2,1-3H3/t31-/m1/s1. The van der Waals surface area contributed by atoms with E-state index in [2.05, 4.69) is 39.0 Å². The first-order valence-corrected chi connectivity index (χ1v) is 16.6. The highest BCUT2D eigenvalue weighted by molar-refractivity contribution is 5.90. The molecule has 0 amide bonds. The molecule has 0 aliphatic heterocycles. The molecular formula is C38H54O4. The molecule has 4 heteroatoms. The fraction of sp³-hybridized carbons (Fsp3) is 0.553. The summed E-state index contributed by atoms with van der Waals surface area (Å²) in [6.45, 7) is 8.10. The summed E-state index contributed by atoms with van der Waals surface area (Å²) in [4.78, 5) is 12.3. The van der Waals surface area contributed by atoms with Gasteiger partial charge in [0, 0.05) is 5.39 Å². The van der Waals surface area contributed by atoms with Crippen molar-refractivity contribution in [1.29, 1.82) is 0 Å². The van der Waals surface area contributed by atoms with Crippen molar-refractivity contribution in [2.75, 3.05) is 13.2 Å². The smallest absolute Gasteiger partial charge is 0.338 e. The third-order valence-corrected chi connectivity index (χ3v) is 8.11. The summed E-state index contributed by atoms with van der Waals surface area (Å²) in [5.41, 5.74) is 1.57. The Morgan fingerprint density at radius 1 is 0.714 bits per heavy atom. The summed E-state index contributed by atoms with van der Waals surface area (Å²) in [7, 11) is 0. The fourth-order valence-corrected chi connectivity index (χ4v) is 5.07. The molecule has 0 spiro atoms. The number of rotatable bonds is 22. The molecule has 42 heavy (non-hydrogen) atoms. The van der Waals surface area contributed by atoms with E-state index in [0.717, 1.165) is 47.3 Å². The summed E-state index contributed by atoms with van der Waals surface area (Å²) in [6.07, 6.45) is 18.6. The first-order chi connectivity index (χ1) is 20.6. The molecule has 0 heterocycles. The first kappa shape index (κ1) is 33.5. The molecule has 3 rings (SSSR count). The lowest BCUT2D eigenvalue weighted by atomic mass is 10.0. The molecule has 1 atom stereocenters. The Kier molecular flexibility index (Phi) is 15.9. The van der Waals surface area contributed by atoms with Crippen LogP contribution in [0.15, 0.2) is 60.7 Å². The number of esters is 1. The number of benzene rings is 3. The lowest BCUT2D eigenvalue weighted by Gasteiger charge is -2.12. The molecular weight excluding hydrogens is 520 g/mol. The van der Waals surface area contributed by atoms with Crippen LogP contribution in [0.1, 0.15) is 127 Å². The van der Waals surface area contributed by atoms with E-state index in [-0.39, 0.29) is 5.97 Å². The van der Waals surface area contributed by atoms with Crippen LogP contribution < -0.4 is 9.47 Å². The summed E-state index contributed by atoms with van der Waals surface area (Å²) in [5, 5.41) is 2.17. The third-order valence-electron chi connectivity index (χ3n) is 8.11. The maximum atomic E-state index is 12.3. The van der Waals surface area contributed by atoms with Gasteiger partial charge in [-0.2, -0.15) is 0 Å². The summed E-state index contributed by atoms with van der Waals surface area (Å²) >= 11 is 0. The van der Waals surface area contributed by atoms with E-state index < -0.39 is 0 Å². The molecule has 0 saturated heterocycles. The zero-order valence-electron chi connectivity index (χ0n) is 26.5. The van der Waals surface area contributed by atoms with E-state index >= 15 is 0 Å². The SMILES string of the molecule is CCCCCCCCCCCCCCCOc1ccc2c(OCc3ccc(C(=O)OC[C@H](C)CC)cc3)cccc2c1. The van der Waals surface area contributed by atoms with Crippen LogP contribution in [0.2, 0.25) is 0 Å². The van der Waals surface area contributed by atoms with Gasteiger partial charge in [0.05, 0.1) is 18.8 Å². The Bertz CT molecular complexity index is 1150. The number of fused-ring (bicyclic) bond motifs is 1. The summed E-state index contributed by atoms with van der Waals surface area (Å²) in [5.74, 6) is 1.85. The second-order valence-corrected chi connectivity index (χ2v) is 11.8. The van der Waals surface area contributed by atoms with Gasteiger partial charge in [-0.3, -0.25) is 0 Å². The zero-order valence-corrected chi connectivity index (χ0v) is 26.5. The molecule has 4 nitrogen and oxygen atoms in total. The highest BCUT2D eigenvalue weighted by Crippen LogP contribution is 2.29. The highest BCUT2D eigenvalue weighted by atomic mass is 16.5. The number of carbonyl (C=O) groups is 1. The van der Waals surface area contributed by atoms with Gasteiger partial charge in [0.2, 0.25) is 0 Å². The molecule has 3 aromatic rings. The topological polar surface area (TPSA) is 44.8 Å². The van der Waals surface area contributed by atoms with Gasteiger partial charge in [0.25, 0.3) is 0 Å². The summed E-state index contributed by atoms with van der Waals surface area (Å²) < 4.78 is 17.6. The number of ether oxygens (including phenoxy) is 3. The lowest BCUT2D eigenvalue weighted by Crippen LogP contribution is -2.11. The molecule has 0 radical (unpaired) electrons. The highest BCUT2D eigenvalue weighted by Gasteiger charge is 2.10. The Balaban J connectivity index is 1.33. The van der Waals surface area contributed by atoms with Crippen molar-refractivity contribution >= 4 is 16.7 Å². The second kappa shape index (κ2) is 20.0. The predicted molar refractivity (Wildman–Crippen MR) is 176 cm³/mol. The van der Waals surface area contributed by atoms with Crippen molar-refractivity contribution in [2.24, 2.45) is 5.92 Å². The average Bonchev–Trinajstić information content (AvgIpc) is 3.02. The van der Waals surface area contributed by atoms with E-state index in [1.807, 2.05) is 42.5 Å². The van der Waals surface area contributed by atoms with Crippen molar-refractivity contribution in [2.45, 2.75) is 117 Å². The van der Waals surface area contributed by atoms with Gasteiger partial charge in [0.15, 0.2) is 0 Å². The van der Waals surface area contributed by atoms with E-state index in [1.54, 1.807) is 0 Å². The van der Waals surface area contributed by atoms with Crippen molar-refractivity contribution < 1.29 is 19.0 Å². The van der Waals surface area contributed by atoms with Crippen molar-refractivity contribution in [1.82, 2.24) is 0 Å². The minimum Gasteiger partial charge on any atom is -0.494 e. The fourth-order valence-electron chi connectivity index (χ4n) is 5.07. The predicted octanol–water partition coefficient (Wildman–Crippen LogP) is 11.1. The van der Waals surface area contributed by atoms with Gasteiger partial charge in [0.1, 0.15) is 18.1 Å². The van der Waals surface area contributed by atoms with E-state index in [4.69, 9.17) is 14.2 Å². The van der Waals surface area contributed by atoms with Crippen molar-refractivity contribution in [3.63, 3.8) is 0 Å². The molecule has 0 saturated carbocycles. The maximum Gasteiger partial charge on any atom is 0.338 e. The minimum atomic E-state index is -0.274.